The second kappa shape index (κ2) is 11.3. The summed E-state index contributed by atoms with van der Waals surface area (Å²) in [7, 11) is 0. The van der Waals surface area contributed by atoms with Gasteiger partial charge in [0, 0.05) is 11.1 Å². The lowest BCUT2D eigenvalue weighted by molar-refractivity contribution is -0.150. The second-order valence-electron chi connectivity index (χ2n) is 12.0. The van der Waals surface area contributed by atoms with Crippen molar-refractivity contribution >= 4 is 17.9 Å². The minimum absolute atomic E-state index is 0.0583. The number of hydrogen-bond acceptors (Lipinski definition) is 5. The Bertz CT molecular complexity index is 880. The van der Waals surface area contributed by atoms with Crippen molar-refractivity contribution in [3.05, 3.63) is 29.8 Å². The average Bonchev–Trinajstić information content (AvgIpc) is 2.67. The Morgan fingerprint density at radius 2 is 1.49 bits per heavy atom. The zero-order valence-electron chi connectivity index (χ0n) is 23.3. The van der Waals surface area contributed by atoms with Gasteiger partial charge in [-0.2, -0.15) is 0 Å². The fourth-order valence-electron chi connectivity index (χ4n) is 3.56. The number of aromatic hydroxyl groups is 1. The highest BCUT2D eigenvalue weighted by atomic mass is 16.6. The SMILES string of the molecule is CCC(C)(C)N(C(=O)C(NC(=O)OC(C)(C)C)C(C)C)C(C(=O)NC(C)(C)C)c1ccc(O)cc1. The fourth-order valence-corrected chi connectivity index (χ4v) is 3.56. The normalized spacial score (nSPS) is 14.2. The number of nitrogens with zero attached hydrogens (tertiary/aromatic N) is 1. The summed E-state index contributed by atoms with van der Waals surface area (Å²) in [6.45, 7) is 20.3. The van der Waals surface area contributed by atoms with Gasteiger partial charge in [-0.3, -0.25) is 9.59 Å². The first-order valence-corrected chi connectivity index (χ1v) is 12.2. The lowest BCUT2D eigenvalue weighted by atomic mass is 9.90. The Balaban J connectivity index is 3.64. The molecule has 8 nitrogen and oxygen atoms in total. The number of benzene rings is 1. The lowest BCUT2D eigenvalue weighted by Crippen LogP contribution is -2.61. The molecule has 0 aliphatic rings. The molecule has 0 bridgehead atoms. The van der Waals surface area contributed by atoms with Crippen LogP contribution in [-0.2, 0) is 14.3 Å². The Hall–Kier alpha value is -2.77. The summed E-state index contributed by atoms with van der Waals surface area (Å²) in [5.41, 5.74) is -1.45. The second-order valence-corrected chi connectivity index (χ2v) is 12.0. The largest absolute Gasteiger partial charge is 0.508 e. The molecule has 2 atom stereocenters. The van der Waals surface area contributed by atoms with Crippen molar-refractivity contribution in [1.29, 1.82) is 0 Å². The molecule has 3 N–H and O–H groups in total. The highest BCUT2D eigenvalue weighted by Gasteiger charge is 2.44. The molecule has 1 rings (SSSR count). The number of carbonyl (C=O) groups excluding carboxylic acids is 3. The molecular weight excluding hydrogens is 446 g/mol. The van der Waals surface area contributed by atoms with Gasteiger partial charge in [-0.25, -0.2) is 4.79 Å². The van der Waals surface area contributed by atoms with E-state index in [0.29, 0.717) is 12.0 Å². The third-order valence-corrected chi connectivity index (χ3v) is 5.57. The van der Waals surface area contributed by atoms with Crippen molar-refractivity contribution < 1.29 is 24.2 Å². The molecule has 0 radical (unpaired) electrons. The van der Waals surface area contributed by atoms with Gasteiger partial charge >= 0.3 is 6.09 Å². The fraction of sp³-hybridized carbons (Fsp3) is 0.667. The number of alkyl carbamates (subject to hydrolysis) is 1. The molecule has 0 fully saturated rings. The van der Waals surface area contributed by atoms with Crippen LogP contribution in [0.1, 0.15) is 94.2 Å². The summed E-state index contributed by atoms with van der Waals surface area (Å²) in [5.74, 6) is -0.947. The Kier molecular flexibility index (Phi) is 9.78. The molecule has 35 heavy (non-hydrogen) atoms. The van der Waals surface area contributed by atoms with E-state index in [4.69, 9.17) is 4.74 Å². The number of rotatable bonds is 8. The van der Waals surface area contributed by atoms with Gasteiger partial charge in [0.05, 0.1) is 0 Å². The molecule has 3 amide bonds. The van der Waals surface area contributed by atoms with Crippen LogP contribution in [0.5, 0.6) is 5.75 Å². The predicted octanol–water partition coefficient (Wildman–Crippen LogP) is 4.91. The number of phenols is 1. The summed E-state index contributed by atoms with van der Waals surface area (Å²) in [4.78, 5) is 42.0. The summed E-state index contributed by atoms with van der Waals surface area (Å²) in [6.07, 6.45) is -0.132. The van der Waals surface area contributed by atoms with Gasteiger partial charge in [-0.05, 0) is 85.4 Å². The van der Waals surface area contributed by atoms with Gasteiger partial charge in [-0.15, -0.1) is 0 Å². The van der Waals surface area contributed by atoms with E-state index in [0.717, 1.165) is 0 Å². The molecule has 1 aromatic carbocycles. The number of amides is 3. The lowest BCUT2D eigenvalue weighted by Gasteiger charge is -2.45. The molecule has 8 heteroatoms. The number of hydrogen-bond donors (Lipinski definition) is 3. The Morgan fingerprint density at radius 1 is 0.971 bits per heavy atom. The van der Waals surface area contributed by atoms with Crippen LogP contribution in [0, 0.1) is 5.92 Å². The van der Waals surface area contributed by atoms with E-state index in [1.807, 2.05) is 55.4 Å². The molecule has 2 unspecified atom stereocenters. The Morgan fingerprint density at radius 3 is 1.89 bits per heavy atom. The smallest absolute Gasteiger partial charge is 0.408 e. The topological polar surface area (TPSA) is 108 Å². The molecule has 1 aromatic rings. The van der Waals surface area contributed by atoms with E-state index in [-0.39, 0.29) is 23.5 Å². The van der Waals surface area contributed by atoms with Gasteiger partial charge in [0.25, 0.3) is 0 Å². The van der Waals surface area contributed by atoms with Gasteiger partial charge < -0.3 is 25.4 Å². The van der Waals surface area contributed by atoms with Crippen LogP contribution in [0.2, 0.25) is 0 Å². The minimum atomic E-state index is -0.987. The summed E-state index contributed by atoms with van der Waals surface area (Å²) >= 11 is 0. The highest BCUT2D eigenvalue weighted by molar-refractivity contribution is 5.93. The van der Waals surface area contributed by atoms with Crippen LogP contribution in [-0.4, -0.2) is 50.6 Å². The zero-order chi connectivity index (χ0) is 27.4. The van der Waals surface area contributed by atoms with Crippen molar-refractivity contribution in [3.63, 3.8) is 0 Å². The molecule has 0 saturated carbocycles. The third-order valence-electron chi connectivity index (χ3n) is 5.57. The van der Waals surface area contributed by atoms with Crippen LogP contribution < -0.4 is 10.6 Å². The van der Waals surface area contributed by atoms with E-state index >= 15 is 0 Å². The molecule has 0 saturated heterocycles. The van der Waals surface area contributed by atoms with Crippen molar-refractivity contribution in [3.8, 4) is 5.75 Å². The van der Waals surface area contributed by atoms with Crippen molar-refractivity contribution in [2.75, 3.05) is 0 Å². The maximum atomic E-state index is 14.2. The van der Waals surface area contributed by atoms with Crippen LogP contribution >= 0.6 is 0 Å². The van der Waals surface area contributed by atoms with E-state index in [2.05, 4.69) is 10.6 Å². The van der Waals surface area contributed by atoms with Crippen LogP contribution in [0.25, 0.3) is 0 Å². The van der Waals surface area contributed by atoms with E-state index in [1.165, 1.54) is 12.1 Å². The number of carbonyl (C=O) groups is 3. The van der Waals surface area contributed by atoms with Crippen LogP contribution in [0.3, 0.4) is 0 Å². The van der Waals surface area contributed by atoms with Gasteiger partial charge in [0.1, 0.15) is 23.4 Å². The zero-order valence-corrected chi connectivity index (χ0v) is 23.3. The standard InChI is InChI=1S/C27H45N3O5/c1-12-27(10,11)30(23(33)20(17(2)3)28-24(34)35-26(7,8)9)21(22(32)29-25(4,5)6)18-13-15-19(31)16-14-18/h13-17,20-21,31H,12H2,1-11H3,(H,28,34)(H,29,32). The van der Waals surface area contributed by atoms with Crippen LogP contribution in [0.15, 0.2) is 24.3 Å². The first kappa shape index (κ1) is 30.3. The van der Waals surface area contributed by atoms with Gasteiger partial charge in [-0.1, -0.05) is 32.9 Å². The summed E-state index contributed by atoms with van der Waals surface area (Å²) in [6, 6.07) is 4.36. The highest BCUT2D eigenvalue weighted by Crippen LogP contribution is 2.34. The summed E-state index contributed by atoms with van der Waals surface area (Å²) < 4.78 is 5.40. The average molecular weight is 492 g/mol. The molecular formula is C27H45N3O5. The van der Waals surface area contributed by atoms with Crippen LogP contribution in [0.4, 0.5) is 4.79 Å². The first-order valence-electron chi connectivity index (χ1n) is 12.2. The number of nitrogens with one attached hydrogen (secondary N) is 2. The van der Waals surface area contributed by atoms with Crippen molar-refractivity contribution in [2.45, 2.75) is 111 Å². The quantitative estimate of drug-likeness (QED) is 0.479. The van der Waals surface area contributed by atoms with E-state index in [9.17, 15) is 19.5 Å². The Labute approximate surface area is 210 Å². The molecule has 0 aromatic heterocycles. The summed E-state index contributed by atoms with van der Waals surface area (Å²) in [5, 5.41) is 15.6. The van der Waals surface area contributed by atoms with Crippen molar-refractivity contribution in [2.24, 2.45) is 5.92 Å². The molecule has 0 spiro atoms. The minimum Gasteiger partial charge on any atom is -0.508 e. The maximum Gasteiger partial charge on any atom is 0.408 e. The molecule has 0 aliphatic heterocycles. The number of phenolic OH excluding ortho intramolecular Hbond substituents is 1. The van der Waals surface area contributed by atoms with E-state index in [1.54, 1.807) is 37.8 Å². The maximum absolute atomic E-state index is 14.2. The first-order chi connectivity index (χ1) is 15.8. The van der Waals surface area contributed by atoms with E-state index < -0.39 is 34.9 Å². The molecule has 0 heterocycles. The van der Waals surface area contributed by atoms with Crippen molar-refractivity contribution in [1.82, 2.24) is 15.5 Å². The molecule has 198 valence electrons. The van der Waals surface area contributed by atoms with Gasteiger partial charge in [0.2, 0.25) is 11.8 Å². The molecule has 0 aliphatic carbocycles. The van der Waals surface area contributed by atoms with Gasteiger partial charge in [0.15, 0.2) is 0 Å². The predicted molar refractivity (Wildman–Crippen MR) is 138 cm³/mol. The third kappa shape index (κ3) is 9.07. The number of ether oxygens (including phenoxy) is 1. The monoisotopic (exact) mass is 491 g/mol.